The van der Waals surface area contributed by atoms with Gasteiger partial charge in [0.05, 0.1) is 0 Å². The van der Waals surface area contributed by atoms with Crippen LogP contribution in [0.3, 0.4) is 0 Å². The van der Waals surface area contributed by atoms with Crippen molar-refractivity contribution in [3.8, 4) is 0 Å². The number of hydrogen-bond donors (Lipinski definition) is 2. The van der Waals surface area contributed by atoms with Gasteiger partial charge in [-0.2, -0.15) is 0 Å². The maximum atomic E-state index is 13.0. The second-order valence-electron chi connectivity index (χ2n) is 7.13. The molecule has 3 N–H and O–H groups in total. The van der Waals surface area contributed by atoms with E-state index < -0.39 is 23.8 Å². The van der Waals surface area contributed by atoms with Crippen LogP contribution in [0, 0.1) is 0 Å². The van der Waals surface area contributed by atoms with Crippen molar-refractivity contribution >= 4 is 40.7 Å². The third-order valence-electron chi connectivity index (χ3n) is 5.27. The minimum atomic E-state index is -0.712. The first-order valence-electron chi connectivity index (χ1n) is 9.22. The highest BCUT2D eigenvalue weighted by molar-refractivity contribution is 6.31. The Balaban J connectivity index is 1.77. The number of nitrogens with two attached hydrogens (primary N) is 1. The van der Waals surface area contributed by atoms with Crippen LogP contribution >= 0.6 is 0 Å². The number of amides is 5. The maximum absolute atomic E-state index is 13.0. The molecule has 0 radical (unpaired) electrons. The molecule has 1 aliphatic heterocycles. The molecule has 2 aromatic rings. The summed E-state index contributed by atoms with van der Waals surface area (Å²) in [5.74, 6) is -1.78. The molecule has 2 heterocycles. The van der Waals surface area contributed by atoms with Crippen molar-refractivity contribution < 1.29 is 19.2 Å². The van der Waals surface area contributed by atoms with Crippen LogP contribution in [0.15, 0.2) is 36.0 Å². The molecule has 1 aliphatic carbocycles. The van der Waals surface area contributed by atoms with Gasteiger partial charge in [0, 0.05) is 28.7 Å². The zero-order valence-corrected chi connectivity index (χ0v) is 15.2. The summed E-state index contributed by atoms with van der Waals surface area (Å²) < 4.78 is 1.68. The molecular weight excluding hydrogens is 360 g/mol. The summed E-state index contributed by atoms with van der Waals surface area (Å²) in [5.41, 5.74) is 6.60. The average Bonchev–Trinajstić information content (AvgIpc) is 3.27. The lowest BCUT2D eigenvalue weighted by atomic mass is 10.0. The van der Waals surface area contributed by atoms with Gasteiger partial charge >= 0.3 is 6.03 Å². The van der Waals surface area contributed by atoms with Gasteiger partial charge in [-0.25, -0.2) is 4.79 Å². The number of benzene rings is 1. The summed E-state index contributed by atoms with van der Waals surface area (Å²) in [5, 5.41) is 3.05. The molecule has 4 rings (SSSR count). The summed E-state index contributed by atoms with van der Waals surface area (Å²) >= 11 is 0. The van der Waals surface area contributed by atoms with Crippen molar-refractivity contribution in [2.45, 2.75) is 38.3 Å². The Kier molecular flexibility index (Phi) is 4.46. The average molecular weight is 380 g/mol. The van der Waals surface area contributed by atoms with Gasteiger partial charge in [0.25, 0.3) is 11.8 Å². The number of aromatic nitrogens is 1. The molecule has 0 atom stereocenters. The highest BCUT2D eigenvalue weighted by atomic mass is 16.2. The largest absolute Gasteiger partial charge is 0.368 e. The molecule has 8 nitrogen and oxygen atoms in total. The fourth-order valence-corrected chi connectivity index (χ4v) is 4.01. The minimum Gasteiger partial charge on any atom is -0.368 e. The summed E-state index contributed by atoms with van der Waals surface area (Å²) in [4.78, 5) is 50.1. The highest BCUT2D eigenvalue weighted by Gasteiger charge is 2.40. The predicted molar refractivity (Wildman–Crippen MR) is 102 cm³/mol. The second-order valence-corrected chi connectivity index (χ2v) is 7.13. The van der Waals surface area contributed by atoms with E-state index in [-0.39, 0.29) is 18.2 Å². The summed E-state index contributed by atoms with van der Waals surface area (Å²) in [6.07, 6.45) is 6.56. The Morgan fingerprint density at radius 3 is 2.61 bits per heavy atom. The first-order chi connectivity index (χ1) is 13.5. The van der Waals surface area contributed by atoms with Gasteiger partial charge < -0.3 is 10.3 Å². The van der Waals surface area contributed by atoms with Gasteiger partial charge in [0.15, 0.2) is 0 Å². The lowest BCUT2D eigenvalue weighted by Gasteiger charge is -2.31. The molecule has 1 saturated heterocycles. The van der Waals surface area contributed by atoms with Crippen LogP contribution in [-0.4, -0.2) is 39.3 Å². The molecule has 0 unspecified atom stereocenters. The molecule has 144 valence electrons. The molecule has 1 aromatic heterocycles. The normalized spacial score (nSPS) is 19.6. The quantitative estimate of drug-likeness (QED) is 0.618. The van der Waals surface area contributed by atoms with Crippen LogP contribution < -0.4 is 11.1 Å². The van der Waals surface area contributed by atoms with Crippen molar-refractivity contribution in [2.75, 3.05) is 0 Å². The Labute approximate surface area is 161 Å². The Bertz CT molecular complexity index is 1030. The van der Waals surface area contributed by atoms with E-state index in [4.69, 9.17) is 5.73 Å². The maximum Gasteiger partial charge on any atom is 0.331 e. The van der Waals surface area contributed by atoms with Crippen molar-refractivity contribution in [2.24, 2.45) is 5.73 Å². The number of primary amides is 1. The molecule has 0 spiro atoms. The van der Waals surface area contributed by atoms with Crippen LogP contribution in [0.1, 0.15) is 31.2 Å². The topological polar surface area (TPSA) is 114 Å². The molecule has 2 aliphatic rings. The fourth-order valence-electron chi connectivity index (χ4n) is 4.01. The van der Waals surface area contributed by atoms with Crippen LogP contribution in [0.25, 0.3) is 17.0 Å². The summed E-state index contributed by atoms with van der Waals surface area (Å²) in [6.45, 7) is -0.0173. The number of urea groups is 1. The molecule has 2 fully saturated rings. The highest BCUT2D eigenvalue weighted by Crippen LogP contribution is 2.29. The number of rotatable bonds is 4. The SMILES string of the molecule is NC(=O)Cn1cc(/C=C2\C(=O)NC(=O)N(C3CCCC3)C2=O)c2ccccc21. The molecule has 5 amide bonds. The van der Waals surface area contributed by atoms with Gasteiger partial charge in [-0.1, -0.05) is 31.0 Å². The summed E-state index contributed by atoms with van der Waals surface area (Å²) in [7, 11) is 0. The number of carbonyl (C=O) groups is 4. The van der Waals surface area contributed by atoms with Crippen molar-refractivity contribution in [1.29, 1.82) is 0 Å². The molecular formula is C20H20N4O4. The van der Waals surface area contributed by atoms with Crippen LogP contribution in [-0.2, 0) is 20.9 Å². The predicted octanol–water partition coefficient (Wildman–Crippen LogP) is 1.53. The zero-order chi connectivity index (χ0) is 19.8. The van der Waals surface area contributed by atoms with E-state index in [2.05, 4.69) is 5.32 Å². The number of nitrogens with one attached hydrogen (secondary N) is 1. The fraction of sp³-hybridized carbons (Fsp3) is 0.300. The number of carbonyl (C=O) groups excluding carboxylic acids is 4. The standard InChI is InChI=1S/C20H20N4O4/c21-17(25)11-23-10-12(14-7-3-4-8-16(14)23)9-15-18(26)22-20(28)24(19(15)27)13-5-1-2-6-13/h3-4,7-10,13H,1-2,5-6,11H2,(H2,21,25)(H,22,26,28)/b15-9+. The number of hydrogen-bond acceptors (Lipinski definition) is 4. The van der Waals surface area contributed by atoms with Gasteiger partial charge in [-0.05, 0) is 25.0 Å². The Morgan fingerprint density at radius 1 is 1.18 bits per heavy atom. The van der Waals surface area contributed by atoms with E-state index in [0.29, 0.717) is 5.56 Å². The zero-order valence-electron chi connectivity index (χ0n) is 15.2. The molecule has 0 bridgehead atoms. The van der Waals surface area contributed by atoms with Gasteiger partial charge in [-0.15, -0.1) is 0 Å². The third-order valence-corrected chi connectivity index (χ3v) is 5.27. The number of imide groups is 2. The molecule has 28 heavy (non-hydrogen) atoms. The van der Waals surface area contributed by atoms with Crippen molar-refractivity contribution in [1.82, 2.24) is 14.8 Å². The molecule has 8 heteroatoms. The van der Waals surface area contributed by atoms with E-state index >= 15 is 0 Å². The lowest BCUT2D eigenvalue weighted by molar-refractivity contribution is -0.131. The van der Waals surface area contributed by atoms with E-state index in [0.717, 1.165) is 36.6 Å². The van der Waals surface area contributed by atoms with E-state index in [1.54, 1.807) is 10.8 Å². The Morgan fingerprint density at radius 2 is 1.89 bits per heavy atom. The number of fused-ring (bicyclic) bond motifs is 1. The van der Waals surface area contributed by atoms with E-state index in [1.807, 2.05) is 24.3 Å². The number of nitrogens with zero attached hydrogens (tertiary/aromatic N) is 2. The summed E-state index contributed by atoms with van der Waals surface area (Å²) in [6, 6.07) is 6.49. The van der Waals surface area contributed by atoms with Crippen LogP contribution in [0.5, 0.6) is 0 Å². The van der Waals surface area contributed by atoms with Crippen LogP contribution in [0.4, 0.5) is 4.79 Å². The minimum absolute atomic E-state index is 0.0173. The molecule has 1 aromatic carbocycles. The van der Waals surface area contributed by atoms with E-state index in [9.17, 15) is 19.2 Å². The lowest BCUT2D eigenvalue weighted by Crippen LogP contribution is -2.57. The van der Waals surface area contributed by atoms with Gasteiger partial charge in [0.2, 0.25) is 5.91 Å². The monoisotopic (exact) mass is 380 g/mol. The first kappa shape index (κ1) is 18.0. The smallest absolute Gasteiger partial charge is 0.331 e. The molecule has 1 saturated carbocycles. The second kappa shape index (κ2) is 6.95. The van der Waals surface area contributed by atoms with Crippen molar-refractivity contribution in [3.63, 3.8) is 0 Å². The van der Waals surface area contributed by atoms with Crippen LogP contribution in [0.2, 0.25) is 0 Å². The van der Waals surface area contributed by atoms with Crippen molar-refractivity contribution in [3.05, 3.63) is 41.6 Å². The van der Waals surface area contributed by atoms with Gasteiger partial charge in [-0.3, -0.25) is 24.6 Å². The number of para-hydroxylation sites is 1. The van der Waals surface area contributed by atoms with Gasteiger partial charge in [0.1, 0.15) is 12.1 Å². The van der Waals surface area contributed by atoms with E-state index in [1.165, 1.54) is 11.0 Å². The third kappa shape index (κ3) is 3.06. The first-order valence-corrected chi connectivity index (χ1v) is 9.22. The number of barbiturate groups is 1. The Hall–Kier alpha value is -3.42.